The Hall–Kier alpha value is -1.90. The molecule has 0 radical (unpaired) electrons. The Morgan fingerprint density at radius 3 is 1.93 bits per heavy atom. The van der Waals surface area contributed by atoms with Crippen LogP contribution in [-0.2, 0) is 11.0 Å². The Morgan fingerprint density at radius 2 is 1.57 bits per heavy atom. The molecule has 2 aliphatic heterocycles. The van der Waals surface area contributed by atoms with Crippen LogP contribution in [-0.4, -0.2) is 49.0 Å². The molecule has 1 aromatic heterocycles. The van der Waals surface area contributed by atoms with Gasteiger partial charge in [-0.1, -0.05) is 13.8 Å². The maximum Gasteiger partial charge on any atom is 0.451 e. The van der Waals surface area contributed by atoms with Crippen LogP contribution in [0.15, 0.2) is 6.07 Å². The molecule has 160 valence electrons. The van der Waals surface area contributed by atoms with Crippen molar-refractivity contribution in [1.82, 2.24) is 9.97 Å². The van der Waals surface area contributed by atoms with Gasteiger partial charge >= 0.3 is 6.18 Å². The van der Waals surface area contributed by atoms with Crippen LogP contribution in [0.3, 0.4) is 0 Å². The van der Waals surface area contributed by atoms with Gasteiger partial charge in [0.1, 0.15) is 17.9 Å². The van der Waals surface area contributed by atoms with Crippen LogP contribution in [0.1, 0.15) is 52.3 Å². The highest BCUT2D eigenvalue weighted by atomic mass is 19.4. The van der Waals surface area contributed by atoms with E-state index in [0.717, 1.165) is 58.1 Å². The van der Waals surface area contributed by atoms with Crippen molar-refractivity contribution in [3.05, 3.63) is 11.9 Å². The normalized spacial score (nSPS) is 17.0. The second-order valence-electron chi connectivity index (χ2n) is 6.49. The average molecular weight is 403 g/mol. The van der Waals surface area contributed by atoms with Crippen molar-refractivity contribution in [3.8, 4) is 0 Å². The van der Waals surface area contributed by atoms with Crippen molar-refractivity contribution >= 4 is 17.9 Å². The summed E-state index contributed by atoms with van der Waals surface area (Å²) in [4.78, 5) is 20.1. The maximum absolute atomic E-state index is 13.1. The summed E-state index contributed by atoms with van der Waals surface area (Å²) in [6.07, 6.45) is 0.0896. The fraction of sp³-hybridized carbons (Fsp3) is 0.737. The van der Waals surface area contributed by atoms with Crippen LogP contribution in [0, 0.1) is 5.92 Å². The van der Waals surface area contributed by atoms with Crippen LogP contribution in [0.2, 0.25) is 0 Å². The third-order valence-electron chi connectivity index (χ3n) is 4.65. The lowest BCUT2D eigenvalue weighted by molar-refractivity contribution is -0.144. The molecule has 0 atom stereocenters. The molecule has 2 aliphatic rings. The van der Waals surface area contributed by atoms with E-state index >= 15 is 0 Å². The largest absolute Gasteiger partial charge is 0.451 e. The SMILES string of the molecule is CC.CC=O.NCCC1CCN(c2cc(N3CCC3)nc(C(F)(F)F)n2)CC1. The number of hydrogen-bond acceptors (Lipinski definition) is 6. The second kappa shape index (κ2) is 11.8. The van der Waals surface area contributed by atoms with E-state index in [-0.39, 0.29) is 0 Å². The minimum absolute atomic E-state index is 0.387. The minimum atomic E-state index is -4.52. The number of carbonyl (C=O) groups is 1. The molecule has 28 heavy (non-hydrogen) atoms. The topological polar surface area (TPSA) is 75.4 Å². The van der Waals surface area contributed by atoms with Gasteiger partial charge < -0.3 is 20.3 Å². The van der Waals surface area contributed by atoms with Gasteiger partial charge in [-0.05, 0) is 45.1 Å². The maximum atomic E-state index is 13.1. The van der Waals surface area contributed by atoms with E-state index in [1.807, 2.05) is 23.6 Å². The molecule has 6 nitrogen and oxygen atoms in total. The number of piperidine rings is 1. The van der Waals surface area contributed by atoms with Crippen molar-refractivity contribution in [2.45, 2.75) is 52.6 Å². The highest BCUT2D eigenvalue weighted by molar-refractivity contribution is 5.52. The van der Waals surface area contributed by atoms with Gasteiger partial charge in [0.25, 0.3) is 0 Å². The van der Waals surface area contributed by atoms with Gasteiger partial charge in [0.05, 0.1) is 0 Å². The van der Waals surface area contributed by atoms with Gasteiger partial charge in [-0.3, -0.25) is 0 Å². The Bertz CT molecular complexity index is 585. The summed E-state index contributed by atoms with van der Waals surface area (Å²) in [5.41, 5.74) is 5.58. The molecule has 3 heterocycles. The number of nitrogens with zero attached hydrogens (tertiary/aromatic N) is 4. The van der Waals surface area contributed by atoms with Gasteiger partial charge in [-0.15, -0.1) is 0 Å². The number of aromatic nitrogens is 2. The molecule has 0 aromatic carbocycles. The molecular formula is C19H32F3N5O. The second-order valence-corrected chi connectivity index (χ2v) is 6.49. The molecule has 9 heteroatoms. The number of halogens is 3. The summed E-state index contributed by atoms with van der Waals surface area (Å²) in [5.74, 6) is 0.300. The zero-order chi connectivity index (χ0) is 21.2. The zero-order valence-corrected chi connectivity index (χ0v) is 17.0. The van der Waals surface area contributed by atoms with E-state index in [2.05, 4.69) is 9.97 Å². The molecule has 0 unspecified atom stereocenters. The Labute approximate surface area is 165 Å². The van der Waals surface area contributed by atoms with Crippen molar-refractivity contribution in [2.24, 2.45) is 11.7 Å². The van der Waals surface area contributed by atoms with Crippen LogP contribution < -0.4 is 15.5 Å². The number of rotatable bonds is 4. The molecule has 0 amide bonds. The first kappa shape index (κ1) is 24.1. The number of aldehydes is 1. The van der Waals surface area contributed by atoms with Gasteiger partial charge in [0.2, 0.25) is 5.82 Å². The molecule has 0 bridgehead atoms. The molecule has 2 N–H and O–H groups in total. The van der Waals surface area contributed by atoms with Crippen molar-refractivity contribution in [2.75, 3.05) is 42.5 Å². The van der Waals surface area contributed by atoms with E-state index in [0.29, 0.717) is 24.1 Å². The summed E-state index contributed by atoms with van der Waals surface area (Å²) in [6, 6.07) is 1.69. The number of carbonyl (C=O) groups excluding carboxylic acids is 1. The van der Waals surface area contributed by atoms with Crippen LogP contribution in [0.25, 0.3) is 0 Å². The summed E-state index contributed by atoms with van der Waals surface area (Å²) in [5, 5.41) is 0. The highest BCUT2D eigenvalue weighted by Gasteiger charge is 2.37. The molecule has 0 saturated carbocycles. The molecule has 0 aliphatic carbocycles. The highest BCUT2D eigenvalue weighted by Crippen LogP contribution is 2.32. The molecule has 2 fully saturated rings. The van der Waals surface area contributed by atoms with Gasteiger partial charge in [-0.25, -0.2) is 9.97 Å². The van der Waals surface area contributed by atoms with Crippen molar-refractivity contribution in [3.63, 3.8) is 0 Å². The van der Waals surface area contributed by atoms with Gasteiger partial charge in [-0.2, -0.15) is 13.2 Å². The summed E-state index contributed by atoms with van der Waals surface area (Å²) >= 11 is 0. The quantitative estimate of drug-likeness (QED) is 0.776. The first-order valence-corrected chi connectivity index (χ1v) is 9.95. The molecular weight excluding hydrogens is 371 g/mol. The molecule has 3 rings (SSSR count). The van der Waals surface area contributed by atoms with Crippen LogP contribution in [0.4, 0.5) is 24.8 Å². The lowest BCUT2D eigenvalue weighted by atomic mass is 9.94. The zero-order valence-electron chi connectivity index (χ0n) is 17.0. The lowest BCUT2D eigenvalue weighted by Gasteiger charge is -2.35. The Balaban J connectivity index is 0.000000717. The third kappa shape index (κ3) is 6.92. The number of anilines is 2. The summed E-state index contributed by atoms with van der Waals surface area (Å²) in [6.45, 7) is 9.06. The predicted octanol–water partition coefficient (Wildman–Crippen LogP) is 3.50. The Morgan fingerprint density at radius 1 is 1.11 bits per heavy atom. The Kier molecular flexibility index (Phi) is 10.2. The lowest BCUT2D eigenvalue weighted by Crippen LogP contribution is -2.39. The standard InChI is InChI=1S/C15H22F3N5.C2H4O.C2H6/c16-15(17,18)14-20-12(22-6-1-7-22)10-13(21-14)23-8-3-11(2-5-19)4-9-23;1-2-3;1-2/h10-11H,1-9,19H2;2H,1H3;1-2H3. The molecule has 1 aromatic rings. The van der Waals surface area contributed by atoms with E-state index in [9.17, 15) is 13.2 Å². The fourth-order valence-electron chi connectivity index (χ4n) is 3.10. The molecule has 0 spiro atoms. The predicted molar refractivity (Wildman–Crippen MR) is 106 cm³/mol. The summed E-state index contributed by atoms with van der Waals surface area (Å²) < 4.78 is 39.3. The smallest absolute Gasteiger partial charge is 0.356 e. The number of nitrogens with two attached hydrogens (primary N) is 1. The first-order valence-electron chi connectivity index (χ1n) is 9.95. The van der Waals surface area contributed by atoms with Crippen LogP contribution >= 0.6 is 0 Å². The van der Waals surface area contributed by atoms with E-state index in [1.165, 1.54) is 6.92 Å². The van der Waals surface area contributed by atoms with E-state index < -0.39 is 12.0 Å². The van der Waals surface area contributed by atoms with Crippen molar-refractivity contribution in [1.29, 1.82) is 0 Å². The summed E-state index contributed by atoms with van der Waals surface area (Å²) in [7, 11) is 0. The van der Waals surface area contributed by atoms with Gasteiger partial charge in [0, 0.05) is 32.2 Å². The van der Waals surface area contributed by atoms with E-state index in [1.54, 1.807) is 6.07 Å². The molecule has 2 saturated heterocycles. The number of hydrogen-bond donors (Lipinski definition) is 1. The average Bonchev–Trinajstić information content (AvgIpc) is 2.63. The van der Waals surface area contributed by atoms with E-state index in [4.69, 9.17) is 10.5 Å². The van der Waals surface area contributed by atoms with Crippen molar-refractivity contribution < 1.29 is 18.0 Å². The van der Waals surface area contributed by atoms with Crippen LogP contribution in [0.5, 0.6) is 0 Å². The fourth-order valence-corrected chi connectivity index (χ4v) is 3.10. The minimum Gasteiger partial charge on any atom is -0.356 e. The third-order valence-corrected chi connectivity index (χ3v) is 4.65. The van der Waals surface area contributed by atoms with Gasteiger partial charge in [0.15, 0.2) is 0 Å². The first-order chi connectivity index (χ1) is 13.4. The number of alkyl halides is 3. The monoisotopic (exact) mass is 403 g/mol.